The molecule has 0 saturated heterocycles. The van der Waals surface area contributed by atoms with Gasteiger partial charge < -0.3 is 0 Å². The first-order valence-electron chi connectivity index (χ1n) is 2.79. The number of nitrogens with zero attached hydrogens (tertiary/aromatic N) is 2. The molecule has 0 radical (unpaired) electrons. The van der Waals surface area contributed by atoms with E-state index in [1.165, 1.54) is 0 Å². The average Bonchev–Trinajstić information content (AvgIpc) is 2.03. The lowest BCUT2D eigenvalue weighted by atomic mass is 10.3. The van der Waals surface area contributed by atoms with Crippen LogP contribution in [-0.4, -0.2) is 11.3 Å². The summed E-state index contributed by atoms with van der Waals surface area (Å²) in [5.41, 5.74) is 0.498. The van der Waals surface area contributed by atoms with Crippen LogP contribution in [0.1, 0.15) is 16.2 Å². The molecule has 0 atom stereocenters. The Bertz CT molecular complexity index is 330. The molecule has 1 aromatic rings. The molecule has 0 aliphatic heterocycles. The zero-order chi connectivity index (χ0) is 8.27. The molecule has 0 aliphatic carbocycles. The predicted octanol–water partition coefficient (Wildman–Crippen LogP) is 1.53. The number of aldehydes is 1. The molecule has 0 bridgehead atoms. The van der Waals surface area contributed by atoms with Crippen LogP contribution in [0.3, 0.4) is 0 Å². The highest BCUT2D eigenvalue weighted by molar-refractivity contribution is 9.10. The Morgan fingerprint density at radius 3 is 2.91 bits per heavy atom. The van der Waals surface area contributed by atoms with Gasteiger partial charge in [-0.3, -0.25) is 4.79 Å². The van der Waals surface area contributed by atoms with Crippen LogP contribution >= 0.6 is 15.9 Å². The van der Waals surface area contributed by atoms with Gasteiger partial charge in [-0.1, -0.05) is 15.9 Å². The number of aromatic nitrogens is 1. The average molecular weight is 211 g/mol. The predicted molar refractivity (Wildman–Crippen MR) is 42.0 cm³/mol. The third-order valence-electron chi connectivity index (χ3n) is 1.05. The van der Waals surface area contributed by atoms with E-state index in [9.17, 15) is 4.79 Å². The van der Waals surface area contributed by atoms with Crippen LogP contribution in [0.4, 0.5) is 0 Å². The molecule has 0 aromatic carbocycles. The molecule has 1 heterocycles. The highest BCUT2D eigenvalue weighted by Gasteiger charge is 1.97. The molecule has 4 heteroatoms. The largest absolute Gasteiger partial charge is 0.296 e. The standard InChI is InChI=1S/C7H3BrN2O/c8-5-1-6(3-9)10-7(2-5)4-11/h1-2,4H. The fourth-order valence-corrected chi connectivity index (χ4v) is 1.09. The summed E-state index contributed by atoms with van der Waals surface area (Å²) in [7, 11) is 0. The Morgan fingerprint density at radius 2 is 2.36 bits per heavy atom. The van der Waals surface area contributed by atoms with E-state index in [1.54, 1.807) is 12.1 Å². The molecule has 0 unspecified atom stereocenters. The van der Waals surface area contributed by atoms with Crippen LogP contribution in [0.15, 0.2) is 16.6 Å². The summed E-state index contributed by atoms with van der Waals surface area (Å²) in [6, 6.07) is 4.94. The van der Waals surface area contributed by atoms with E-state index in [-0.39, 0.29) is 11.4 Å². The van der Waals surface area contributed by atoms with Gasteiger partial charge in [0.2, 0.25) is 0 Å². The number of nitriles is 1. The minimum atomic E-state index is 0.237. The van der Waals surface area contributed by atoms with Crippen molar-refractivity contribution in [3.05, 3.63) is 28.0 Å². The number of carbonyl (C=O) groups excluding carboxylic acids is 1. The van der Waals surface area contributed by atoms with Crippen molar-refractivity contribution < 1.29 is 4.79 Å². The van der Waals surface area contributed by atoms with E-state index in [2.05, 4.69) is 20.9 Å². The SMILES string of the molecule is N#Cc1cc(Br)cc(C=O)n1. The smallest absolute Gasteiger partial charge is 0.168 e. The van der Waals surface area contributed by atoms with Crippen molar-refractivity contribution in [2.24, 2.45) is 0 Å². The maximum Gasteiger partial charge on any atom is 0.168 e. The molecule has 3 nitrogen and oxygen atoms in total. The van der Waals surface area contributed by atoms with E-state index in [0.29, 0.717) is 10.8 Å². The summed E-state index contributed by atoms with van der Waals surface area (Å²) in [5, 5.41) is 8.43. The van der Waals surface area contributed by atoms with Crippen LogP contribution < -0.4 is 0 Å². The highest BCUT2D eigenvalue weighted by Crippen LogP contribution is 2.10. The molecule has 0 spiro atoms. The Hall–Kier alpha value is -1.21. The third-order valence-corrected chi connectivity index (χ3v) is 1.50. The normalized spacial score (nSPS) is 8.73. The van der Waals surface area contributed by atoms with Crippen LogP contribution in [0.25, 0.3) is 0 Å². The molecule has 0 fully saturated rings. The van der Waals surface area contributed by atoms with Crippen molar-refractivity contribution in [3.8, 4) is 6.07 Å². The van der Waals surface area contributed by atoms with Crippen molar-refractivity contribution in [1.82, 2.24) is 4.98 Å². The van der Waals surface area contributed by atoms with Gasteiger partial charge in [-0.2, -0.15) is 5.26 Å². The second-order valence-electron chi connectivity index (χ2n) is 1.83. The molecule has 54 valence electrons. The summed E-state index contributed by atoms with van der Waals surface area (Å²) in [6.07, 6.45) is 0.603. The van der Waals surface area contributed by atoms with Gasteiger partial charge >= 0.3 is 0 Å². The van der Waals surface area contributed by atoms with Gasteiger partial charge in [-0.15, -0.1) is 0 Å². The quantitative estimate of drug-likeness (QED) is 0.661. The molecule has 11 heavy (non-hydrogen) atoms. The first-order chi connectivity index (χ1) is 5.26. The Balaban J connectivity index is 3.25. The summed E-state index contributed by atoms with van der Waals surface area (Å²) >= 11 is 3.14. The second kappa shape index (κ2) is 3.26. The van der Waals surface area contributed by atoms with Gasteiger partial charge in [0.25, 0.3) is 0 Å². The highest BCUT2D eigenvalue weighted by atomic mass is 79.9. The fourth-order valence-electron chi connectivity index (χ4n) is 0.635. The van der Waals surface area contributed by atoms with Crippen molar-refractivity contribution in [3.63, 3.8) is 0 Å². The first-order valence-corrected chi connectivity index (χ1v) is 3.58. The zero-order valence-corrected chi connectivity index (χ0v) is 7.00. The molecular weight excluding hydrogens is 208 g/mol. The number of carbonyl (C=O) groups is 1. The molecule has 0 N–H and O–H groups in total. The minimum Gasteiger partial charge on any atom is -0.296 e. The van der Waals surface area contributed by atoms with Gasteiger partial charge in [-0.25, -0.2) is 4.98 Å². The Kier molecular flexibility index (Phi) is 2.34. The third kappa shape index (κ3) is 1.85. The summed E-state index contributed by atoms with van der Waals surface area (Å²) < 4.78 is 0.686. The lowest BCUT2D eigenvalue weighted by molar-refractivity contribution is 0.111. The molecular formula is C7H3BrN2O. The van der Waals surface area contributed by atoms with E-state index < -0.39 is 0 Å². The van der Waals surface area contributed by atoms with E-state index in [1.807, 2.05) is 6.07 Å². The maximum absolute atomic E-state index is 10.2. The van der Waals surface area contributed by atoms with Gasteiger partial charge in [0.05, 0.1) is 0 Å². The maximum atomic E-state index is 10.2. The Labute approximate surface area is 71.8 Å². The number of hydrogen-bond acceptors (Lipinski definition) is 3. The number of halogens is 1. The number of hydrogen-bond donors (Lipinski definition) is 0. The van der Waals surface area contributed by atoms with Crippen molar-refractivity contribution in [2.45, 2.75) is 0 Å². The van der Waals surface area contributed by atoms with Crippen molar-refractivity contribution in [2.75, 3.05) is 0 Å². The topological polar surface area (TPSA) is 53.8 Å². The lowest BCUT2D eigenvalue weighted by Gasteiger charge is -1.92. The van der Waals surface area contributed by atoms with Gasteiger partial charge in [-0.05, 0) is 12.1 Å². The minimum absolute atomic E-state index is 0.237. The van der Waals surface area contributed by atoms with Gasteiger partial charge in [0.1, 0.15) is 17.5 Å². The number of rotatable bonds is 1. The molecule has 1 rings (SSSR count). The molecule has 0 aliphatic rings. The summed E-state index contributed by atoms with van der Waals surface area (Å²) in [5.74, 6) is 0. The first kappa shape index (κ1) is 7.89. The van der Waals surface area contributed by atoms with Crippen LogP contribution in [0, 0.1) is 11.3 Å². The van der Waals surface area contributed by atoms with Crippen LogP contribution in [0.2, 0.25) is 0 Å². The lowest BCUT2D eigenvalue weighted by Crippen LogP contribution is -1.89. The van der Waals surface area contributed by atoms with Gasteiger partial charge in [0, 0.05) is 4.47 Å². The summed E-state index contributed by atoms with van der Waals surface area (Å²) in [6.45, 7) is 0. The van der Waals surface area contributed by atoms with Crippen molar-refractivity contribution in [1.29, 1.82) is 5.26 Å². The molecule has 1 aromatic heterocycles. The summed E-state index contributed by atoms with van der Waals surface area (Å²) in [4.78, 5) is 13.9. The van der Waals surface area contributed by atoms with Crippen LogP contribution in [-0.2, 0) is 0 Å². The monoisotopic (exact) mass is 210 g/mol. The number of pyridine rings is 1. The fraction of sp³-hybridized carbons (Fsp3) is 0. The van der Waals surface area contributed by atoms with E-state index >= 15 is 0 Å². The van der Waals surface area contributed by atoms with E-state index in [0.717, 1.165) is 0 Å². The second-order valence-corrected chi connectivity index (χ2v) is 2.74. The molecule has 0 amide bonds. The van der Waals surface area contributed by atoms with Crippen LogP contribution in [0.5, 0.6) is 0 Å². The Morgan fingerprint density at radius 1 is 1.64 bits per heavy atom. The van der Waals surface area contributed by atoms with Gasteiger partial charge in [0.15, 0.2) is 6.29 Å². The molecule has 0 saturated carbocycles. The zero-order valence-electron chi connectivity index (χ0n) is 5.41. The van der Waals surface area contributed by atoms with E-state index in [4.69, 9.17) is 5.26 Å². The van der Waals surface area contributed by atoms with Crippen molar-refractivity contribution >= 4 is 22.2 Å².